The Morgan fingerprint density at radius 2 is 0.828 bits per heavy atom. The zero-order valence-electron chi connectivity index (χ0n) is 34.9. The fourth-order valence-corrected chi connectivity index (χ4v) is 9.90. The minimum Gasteiger partial charge on any atom is -0.310 e. The van der Waals surface area contributed by atoms with Crippen molar-refractivity contribution < 1.29 is 0 Å². The van der Waals surface area contributed by atoms with Crippen molar-refractivity contribution in [3.63, 3.8) is 0 Å². The van der Waals surface area contributed by atoms with E-state index in [4.69, 9.17) is 0 Å². The van der Waals surface area contributed by atoms with Gasteiger partial charge in [-0.2, -0.15) is 5.26 Å². The number of benzene rings is 11. The van der Waals surface area contributed by atoms with E-state index in [2.05, 4.69) is 222 Å². The molecule has 0 N–H and O–H groups in total. The van der Waals surface area contributed by atoms with Crippen LogP contribution in [0, 0.1) is 11.3 Å². The van der Waals surface area contributed by atoms with E-state index in [1.54, 1.807) is 0 Å². The fourth-order valence-electron chi connectivity index (χ4n) is 9.90. The van der Waals surface area contributed by atoms with Crippen molar-refractivity contribution >= 4 is 71.2 Å². The van der Waals surface area contributed by atoms with Gasteiger partial charge >= 0.3 is 0 Å². The van der Waals surface area contributed by atoms with Crippen molar-refractivity contribution in [2.24, 2.45) is 0 Å². The molecule has 298 valence electrons. The summed E-state index contributed by atoms with van der Waals surface area (Å²) in [4.78, 5) is 2.29. The Morgan fingerprint density at radius 1 is 0.344 bits per heavy atom. The van der Waals surface area contributed by atoms with Gasteiger partial charge in [-0.1, -0.05) is 158 Å². The molecular formula is C61H39N3. The van der Waals surface area contributed by atoms with E-state index in [0.29, 0.717) is 5.56 Å². The van der Waals surface area contributed by atoms with Gasteiger partial charge in [-0.05, 0) is 145 Å². The summed E-state index contributed by atoms with van der Waals surface area (Å²) in [6, 6.07) is 87.1. The summed E-state index contributed by atoms with van der Waals surface area (Å²) >= 11 is 0. The summed E-state index contributed by atoms with van der Waals surface area (Å²) in [7, 11) is 0. The first-order valence-electron chi connectivity index (χ1n) is 21.7. The Bertz CT molecular complexity index is 3700. The maximum atomic E-state index is 9.71. The molecule has 0 aliphatic heterocycles. The standard InChI is InChI=1S/C61H39N3/c62-40-41-26-31-47(32-27-41)63(48-33-28-43(29-34-48)42-14-3-1-4-15-42)49-35-37-59-57(39-49)56-38-45(30-36-58(56)64(59)46-18-5-2-6-19-46)60-52-21-9-11-23-54(52)61(55-24-12-10-22-53(55)60)51-25-13-17-44-16-7-8-20-50(44)51/h1-39H. The van der Waals surface area contributed by atoms with Gasteiger partial charge in [0.2, 0.25) is 0 Å². The molecule has 3 heteroatoms. The maximum Gasteiger partial charge on any atom is 0.0991 e. The molecule has 1 heterocycles. The first-order valence-corrected chi connectivity index (χ1v) is 21.7. The summed E-state index contributed by atoms with van der Waals surface area (Å²) in [5.41, 5.74) is 14.3. The number of nitriles is 1. The van der Waals surface area contributed by atoms with E-state index in [1.165, 1.54) is 65.5 Å². The first-order chi connectivity index (χ1) is 31.7. The molecule has 0 atom stereocenters. The summed E-state index contributed by atoms with van der Waals surface area (Å²) < 4.78 is 2.39. The van der Waals surface area contributed by atoms with Gasteiger partial charge in [0.25, 0.3) is 0 Å². The summed E-state index contributed by atoms with van der Waals surface area (Å²) in [5, 5.41) is 19.4. The largest absolute Gasteiger partial charge is 0.310 e. The van der Waals surface area contributed by atoms with Crippen LogP contribution in [-0.4, -0.2) is 4.57 Å². The summed E-state index contributed by atoms with van der Waals surface area (Å²) in [6.07, 6.45) is 0. The highest BCUT2D eigenvalue weighted by molar-refractivity contribution is 6.24. The molecule has 12 aromatic rings. The van der Waals surface area contributed by atoms with Crippen LogP contribution in [0.4, 0.5) is 17.1 Å². The first kappa shape index (κ1) is 37.1. The Kier molecular flexibility index (Phi) is 8.88. The van der Waals surface area contributed by atoms with Crippen LogP contribution in [0.1, 0.15) is 5.56 Å². The Hall–Kier alpha value is -8.71. The van der Waals surface area contributed by atoms with Crippen molar-refractivity contribution in [2.45, 2.75) is 0 Å². The number of aromatic nitrogens is 1. The highest BCUT2D eigenvalue weighted by Gasteiger charge is 2.21. The lowest BCUT2D eigenvalue weighted by atomic mass is 9.84. The number of hydrogen-bond donors (Lipinski definition) is 0. The monoisotopic (exact) mass is 813 g/mol. The lowest BCUT2D eigenvalue weighted by Crippen LogP contribution is -2.10. The van der Waals surface area contributed by atoms with Crippen molar-refractivity contribution in [3.05, 3.63) is 242 Å². The molecule has 0 bridgehead atoms. The molecule has 1 aromatic heterocycles. The van der Waals surface area contributed by atoms with E-state index in [-0.39, 0.29) is 0 Å². The smallest absolute Gasteiger partial charge is 0.0991 e. The van der Waals surface area contributed by atoms with E-state index in [1.807, 2.05) is 30.3 Å². The van der Waals surface area contributed by atoms with E-state index in [0.717, 1.165) is 44.7 Å². The predicted molar refractivity (Wildman–Crippen MR) is 269 cm³/mol. The van der Waals surface area contributed by atoms with Gasteiger partial charge in [-0.25, -0.2) is 0 Å². The Balaban J connectivity index is 1.10. The number of anilines is 3. The molecule has 0 amide bonds. The van der Waals surface area contributed by atoms with E-state index in [9.17, 15) is 5.26 Å². The number of para-hydroxylation sites is 1. The van der Waals surface area contributed by atoms with Gasteiger partial charge in [0.1, 0.15) is 0 Å². The molecule has 64 heavy (non-hydrogen) atoms. The topological polar surface area (TPSA) is 32.0 Å². The minimum atomic E-state index is 0.627. The summed E-state index contributed by atoms with van der Waals surface area (Å²) in [6.45, 7) is 0. The Morgan fingerprint density at radius 3 is 1.48 bits per heavy atom. The second-order valence-electron chi connectivity index (χ2n) is 16.4. The maximum absolute atomic E-state index is 9.71. The van der Waals surface area contributed by atoms with Crippen molar-refractivity contribution in [1.82, 2.24) is 4.57 Å². The van der Waals surface area contributed by atoms with Crippen LogP contribution in [0.2, 0.25) is 0 Å². The molecule has 0 spiro atoms. The second kappa shape index (κ2) is 15.3. The molecule has 0 aliphatic carbocycles. The number of fused-ring (bicyclic) bond motifs is 6. The lowest BCUT2D eigenvalue weighted by Gasteiger charge is -2.26. The second-order valence-corrected chi connectivity index (χ2v) is 16.4. The highest BCUT2D eigenvalue weighted by atomic mass is 15.1. The molecule has 0 saturated carbocycles. The SMILES string of the molecule is N#Cc1ccc(N(c2ccc(-c3ccccc3)cc2)c2ccc3c(c2)c2cc(-c4c5ccccc5c(-c5cccc6ccccc56)c5ccccc45)ccc2n3-c2ccccc2)cc1. The molecular weight excluding hydrogens is 775 g/mol. The van der Waals surface area contributed by atoms with Crippen LogP contribution < -0.4 is 4.90 Å². The lowest BCUT2D eigenvalue weighted by molar-refractivity contribution is 1.18. The average Bonchev–Trinajstić information content (AvgIpc) is 3.69. The van der Waals surface area contributed by atoms with Crippen LogP contribution in [-0.2, 0) is 0 Å². The quantitative estimate of drug-likeness (QED) is 0.150. The molecule has 0 aliphatic rings. The van der Waals surface area contributed by atoms with E-state index < -0.39 is 0 Å². The van der Waals surface area contributed by atoms with E-state index >= 15 is 0 Å². The van der Waals surface area contributed by atoms with Crippen LogP contribution in [0.3, 0.4) is 0 Å². The van der Waals surface area contributed by atoms with Crippen molar-refractivity contribution in [3.8, 4) is 45.1 Å². The fraction of sp³-hybridized carbons (Fsp3) is 0. The minimum absolute atomic E-state index is 0.627. The summed E-state index contributed by atoms with van der Waals surface area (Å²) in [5.74, 6) is 0. The van der Waals surface area contributed by atoms with Crippen LogP contribution >= 0.6 is 0 Å². The molecule has 0 fully saturated rings. The average molecular weight is 814 g/mol. The van der Waals surface area contributed by atoms with Gasteiger partial charge in [-0.3, -0.25) is 0 Å². The Labute approximate surface area is 371 Å². The van der Waals surface area contributed by atoms with Gasteiger partial charge < -0.3 is 9.47 Å². The van der Waals surface area contributed by atoms with Gasteiger partial charge in [0.15, 0.2) is 0 Å². The number of rotatable bonds is 7. The van der Waals surface area contributed by atoms with Crippen LogP contribution in [0.25, 0.3) is 93.2 Å². The molecule has 0 saturated heterocycles. The molecule has 11 aromatic carbocycles. The molecule has 12 rings (SSSR count). The zero-order valence-corrected chi connectivity index (χ0v) is 34.9. The third-order valence-corrected chi connectivity index (χ3v) is 12.8. The normalized spacial score (nSPS) is 11.4. The third kappa shape index (κ3) is 6.12. The van der Waals surface area contributed by atoms with Gasteiger partial charge in [0.05, 0.1) is 22.7 Å². The van der Waals surface area contributed by atoms with Gasteiger partial charge in [-0.15, -0.1) is 0 Å². The number of hydrogen-bond acceptors (Lipinski definition) is 2. The van der Waals surface area contributed by atoms with Gasteiger partial charge in [0, 0.05) is 33.5 Å². The van der Waals surface area contributed by atoms with Crippen molar-refractivity contribution in [2.75, 3.05) is 4.90 Å². The third-order valence-electron chi connectivity index (χ3n) is 12.8. The number of nitrogens with zero attached hydrogens (tertiary/aromatic N) is 3. The predicted octanol–water partition coefficient (Wildman–Crippen LogP) is 16.6. The van der Waals surface area contributed by atoms with Crippen LogP contribution in [0.5, 0.6) is 0 Å². The molecule has 0 unspecified atom stereocenters. The van der Waals surface area contributed by atoms with Crippen LogP contribution in [0.15, 0.2) is 237 Å². The molecule has 0 radical (unpaired) electrons. The zero-order chi connectivity index (χ0) is 42.6. The van der Waals surface area contributed by atoms with Crippen molar-refractivity contribution in [1.29, 1.82) is 5.26 Å². The molecule has 3 nitrogen and oxygen atoms in total. The highest BCUT2D eigenvalue weighted by Crippen LogP contribution is 2.47.